The summed E-state index contributed by atoms with van der Waals surface area (Å²) in [6.45, 7) is 1.39. The average Bonchev–Trinajstić information content (AvgIpc) is 3.38. The number of amides is 1. The molecule has 1 radical (unpaired) electrons. The fraction of sp³-hybridized carbons (Fsp3) is 0.333. The van der Waals surface area contributed by atoms with Gasteiger partial charge in [0.1, 0.15) is 0 Å². The fourth-order valence-corrected chi connectivity index (χ4v) is 3.67. The van der Waals surface area contributed by atoms with Crippen LogP contribution in [0, 0.1) is 0 Å². The lowest BCUT2D eigenvalue weighted by Gasteiger charge is -2.34. The van der Waals surface area contributed by atoms with Crippen LogP contribution in [-0.2, 0) is 6.18 Å². The van der Waals surface area contributed by atoms with Gasteiger partial charge >= 0.3 is 6.18 Å². The van der Waals surface area contributed by atoms with Crippen molar-refractivity contribution in [3.05, 3.63) is 40.4 Å². The summed E-state index contributed by atoms with van der Waals surface area (Å²) < 4.78 is 39.5. The lowest BCUT2D eigenvalue weighted by atomic mass is 10.1. The van der Waals surface area contributed by atoms with Crippen molar-refractivity contribution in [3.63, 3.8) is 0 Å². The van der Waals surface area contributed by atoms with Gasteiger partial charge in [0.05, 0.1) is 11.1 Å². The molecule has 2 aromatic rings. The number of aromatic nitrogens is 2. The lowest BCUT2D eigenvalue weighted by Crippen LogP contribution is -2.49. The van der Waals surface area contributed by atoms with E-state index in [1.165, 1.54) is 34.4 Å². The number of alkyl halides is 3. The molecule has 0 spiro atoms. The summed E-state index contributed by atoms with van der Waals surface area (Å²) in [7, 11) is 0. The first-order valence-electron chi connectivity index (χ1n) is 8.16. The van der Waals surface area contributed by atoms with Crippen LogP contribution in [0.15, 0.2) is 39.7 Å². The molecule has 3 heterocycles. The molecule has 1 amide bonds. The first-order valence-corrected chi connectivity index (χ1v) is 8.98. The third kappa shape index (κ3) is 3.52. The molecule has 28 heavy (non-hydrogen) atoms. The number of carbonyl (C=O) groups is 1. The maximum atomic E-state index is 13.2. The van der Waals surface area contributed by atoms with Crippen molar-refractivity contribution in [2.75, 3.05) is 31.1 Å². The van der Waals surface area contributed by atoms with E-state index in [2.05, 4.69) is 31.2 Å². The number of hydrogen-bond donors (Lipinski definition) is 0. The van der Waals surface area contributed by atoms with E-state index in [1.807, 2.05) is 4.90 Å². The third-order valence-electron chi connectivity index (χ3n) is 4.22. The molecule has 0 atom stereocenters. The average molecular weight is 409 g/mol. The predicted octanol–water partition coefficient (Wildman–Crippen LogP) is 2.17. The van der Waals surface area contributed by atoms with E-state index >= 15 is 0 Å². The van der Waals surface area contributed by atoms with Gasteiger partial charge in [0.25, 0.3) is 5.91 Å². The van der Waals surface area contributed by atoms with Crippen molar-refractivity contribution in [2.24, 2.45) is 15.4 Å². The SMILES string of the molecule is O=C(c1ccccc1C(F)(F)F)N1CCN(c2nnc(C3=N[N]N=N3)s2)CC1. The molecule has 0 bridgehead atoms. The van der Waals surface area contributed by atoms with Gasteiger partial charge in [0.2, 0.25) is 11.0 Å². The lowest BCUT2D eigenvalue weighted by molar-refractivity contribution is -0.138. The zero-order valence-corrected chi connectivity index (χ0v) is 15.0. The summed E-state index contributed by atoms with van der Waals surface area (Å²) in [5.74, 6) is -0.353. The van der Waals surface area contributed by atoms with Crippen molar-refractivity contribution in [1.82, 2.24) is 20.6 Å². The molecule has 13 heteroatoms. The van der Waals surface area contributed by atoms with Gasteiger partial charge in [-0.1, -0.05) is 23.5 Å². The van der Waals surface area contributed by atoms with E-state index in [0.29, 0.717) is 23.2 Å². The normalized spacial score (nSPS) is 16.9. The highest BCUT2D eigenvalue weighted by atomic mass is 32.1. The molecule has 145 valence electrons. The van der Waals surface area contributed by atoms with Crippen LogP contribution < -0.4 is 10.4 Å². The van der Waals surface area contributed by atoms with Gasteiger partial charge in [-0.25, -0.2) is 0 Å². The minimum atomic E-state index is -4.58. The van der Waals surface area contributed by atoms with Crippen molar-refractivity contribution >= 4 is 28.2 Å². The smallest absolute Gasteiger partial charge is 0.343 e. The predicted molar refractivity (Wildman–Crippen MR) is 93.0 cm³/mol. The second-order valence-corrected chi connectivity index (χ2v) is 6.87. The largest absolute Gasteiger partial charge is 0.417 e. The Morgan fingerprint density at radius 1 is 1.07 bits per heavy atom. The van der Waals surface area contributed by atoms with Crippen molar-refractivity contribution < 1.29 is 18.0 Å². The second-order valence-electron chi connectivity index (χ2n) is 5.91. The first-order chi connectivity index (χ1) is 13.4. The van der Waals surface area contributed by atoms with Crippen LogP contribution in [0.5, 0.6) is 0 Å². The molecular weight excluding hydrogens is 397 g/mol. The fourth-order valence-electron chi connectivity index (χ4n) is 2.85. The maximum Gasteiger partial charge on any atom is 0.417 e. The van der Waals surface area contributed by atoms with Gasteiger partial charge in [0.15, 0.2) is 5.01 Å². The molecule has 4 rings (SSSR count). The topological polar surface area (TPSA) is 101 Å². The quantitative estimate of drug-likeness (QED) is 0.775. The van der Waals surface area contributed by atoms with E-state index in [1.54, 1.807) is 0 Å². The Bertz CT molecular complexity index is 949. The highest BCUT2D eigenvalue weighted by Gasteiger charge is 2.36. The molecule has 0 aliphatic carbocycles. The first kappa shape index (κ1) is 18.3. The highest BCUT2D eigenvalue weighted by molar-refractivity contribution is 7.17. The molecule has 0 saturated carbocycles. The van der Waals surface area contributed by atoms with Crippen molar-refractivity contribution in [2.45, 2.75) is 6.18 Å². The van der Waals surface area contributed by atoms with Gasteiger partial charge in [-0.2, -0.15) is 13.2 Å². The van der Waals surface area contributed by atoms with Crippen molar-refractivity contribution in [1.29, 1.82) is 0 Å². The van der Waals surface area contributed by atoms with Gasteiger partial charge in [-0.05, 0) is 22.9 Å². The number of carbonyl (C=O) groups excluding carboxylic acids is 1. The van der Waals surface area contributed by atoms with Gasteiger partial charge in [-0.15, -0.1) is 20.4 Å². The van der Waals surface area contributed by atoms with Crippen LogP contribution >= 0.6 is 11.3 Å². The molecule has 1 saturated heterocycles. The Kier molecular flexibility index (Phi) is 4.66. The van der Waals surface area contributed by atoms with Crippen LogP contribution in [0.3, 0.4) is 0 Å². The molecule has 2 aliphatic heterocycles. The summed E-state index contributed by atoms with van der Waals surface area (Å²) in [6.07, 6.45) is -4.58. The second kappa shape index (κ2) is 7.14. The highest BCUT2D eigenvalue weighted by Crippen LogP contribution is 2.32. The Morgan fingerprint density at radius 3 is 2.50 bits per heavy atom. The summed E-state index contributed by atoms with van der Waals surface area (Å²) >= 11 is 1.26. The molecule has 1 fully saturated rings. The van der Waals surface area contributed by atoms with Gasteiger partial charge in [0, 0.05) is 26.2 Å². The number of hydrogen-bond acceptors (Lipinski definition) is 8. The van der Waals surface area contributed by atoms with Crippen LogP contribution in [0.25, 0.3) is 0 Å². The number of amidine groups is 1. The molecule has 0 unspecified atom stereocenters. The Balaban J connectivity index is 1.43. The van der Waals surface area contributed by atoms with Crippen LogP contribution in [0.1, 0.15) is 20.9 Å². The van der Waals surface area contributed by atoms with Gasteiger partial charge in [-0.3, -0.25) is 4.79 Å². The number of piperazine rings is 1. The van der Waals surface area contributed by atoms with Crippen LogP contribution in [0.4, 0.5) is 18.3 Å². The number of halogens is 3. The number of anilines is 1. The third-order valence-corrected chi connectivity index (χ3v) is 5.20. The molecule has 2 aliphatic rings. The van der Waals surface area contributed by atoms with E-state index in [-0.39, 0.29) is 24.5 Å². The number of nitrogens with zero attached hydrogens (tertiary/aromatic N) is 8. The number of rotatable bonds is 3. The molecule has 0 N–H and O–H groups in total. The van der Waals surface area contributed by atoms with E-state index in [9.17, 15) is 18.0 Å². The minimum Gasteiger partial charge on any atom is -0.343 e. The number of benzene rings is 1. The molecular formula is C15H12F3N8OS. The van der Waals surface area contributed by atoms with Crippen LogP contribution in [-0.4, -0.2) is 53.0 Å². The Labute approximate surface area is 160 Å². The van der Waals surface area contributed by atoms with Gasteiger partial charge < -0.3 is 9.80 Å². The zero-order chi connectivity index (χ0) is 19.7. The van der Waals surface area contributed by atoms with E-state index < -0.39 is 17.6 Å². The molecule has 1 aromatic heterocycles. The molecule has 1 aromatic carbocycles. The van der Waals surface area contributed by atoms with E-state index in [0.717, 1.165) is 6.07 Å². The van der Waals surface area contributed by atoms with Crippen molar-refractivity contribution in [3.8, 4) is 0 Å². The summed E-state index contributed by atoms with van der Waals surface area (Å²) in [5.41, 5.74) is 2.13. The summed E-state index contributed by atoms with van der Waals surface area (Å²) in [6, 6.07) is 4.82. The maximum absolute atomic E-state index is 13.2. The summed E-state index contributed by atoms with van der Waals surface area (Å²) in [5, 5.41) is 20.0. The Morgan fingerprint density at radius 2 is 1.82 bits per heavy atom. The van der Waals surface area contributed by atoms with Crippen LogP contribution in [0.2, 0.25) is 0 Å². The molecule has 9 nitrogen and oxygen atoms in total. The zero-order valence-electron chi connectivity index (χ0n) is 14.2. The van der Waals surface area contributed by atoms with E-state index in [4.69, 9.17) is 0 Å². The minimum absolute atomic E-state index is 0.274. The standard InChI is InChI=1S/C15H12F3N8OS/c16-15(17,18)10-4-2-1-3-9(10)13(27)25-5-7-26(8-6-25)14-22-21-12(28-14)11-19-23-24-20-11/h1-4H,5-8H2. The monoisotopic (exact) mass is 409 g/mol. The summed E-state index contributed by atoms with van der Waals surface area (Å²) in [4.78, 5) is 15.9. The Hall–Kier alpha value is -3.09.